The van der Waals surface area contributed by atoms with Gasteiger partial charge in [-0.05, 0) is 38.0 Å². The number of amides is 1. The number of benzene rings is 1. The summed E-state index contributed by atoms with van der Waals surface area (Å²) in [7, 11) is 0. The van der Waals surface area contributed by atoms with Crippen molar-refractivity contribution in [3.63, 3.8) is 0 Å². The van der Waals surface area contributed by atoms with Gasteiger partial charge in [-0.3, -0.25) is 14.8 Å². The highest BCUT2D eigenvalue weighted by molar-refractivity contribution is 5.92. The molecule has 3 rings (SSSR count). The Morgan fingerprint density at radius 2 is 1.73 bits per heavy atom. The normalized spacial score (nSPS) is 11.8. The maximum Gasteiger partial charge on any atom is 0.274 e. The van der Waals surface area contributed by atoms with Gasteiger partial charge in [-0.15, -0.1) is 0 Å². The predicted molar refractivity (Wildman–Crippen MR) is 101 cm³/mol. The lowest BCUT2D eigenvalue weighted by Gasteiger charge is -2.31. The molecule has 0 radical (unpaired) electrons. The van der Waals surface area contributed by atoms with E-state index in [1.165, 1.54) is 12.4 Å². The van der Waals surface area contributed by atoms with Crippen LogP contribution in [0.25, 0.3) is 0 Å². The molecule has 0 aliphatic heterocycles. The van der Waals surface area contributed by atoms with Crippen LogP contribution in [0.5, 0.6) is 0 Å². The second kappa shape index (κ2) is 7.87. The third-order valence-corrected chi connectivity index (χ3v) is 4.26. The van der Waals surface area contributed by atoms with Crippen molar-refractivity contribution in [3.05, 3.63) is 89.3 Å². The Morgan fingerprint density at radius 3 is 2.31 bits per heavy atom. The number of aromatic nitrogens is 3. The zero-order valence-electron chi connectivity index (χ0n) is 15.3. The first-order chi connectivity index (χ1) is 12.6. The Balaban J connectivity index is 2.11. The fraction of sp³-hybridized carbons (Fsp3) is 0.238. The molecule has 0 unspecified atom stereocenters. The number of pyridine rings is 1. The van der Waals surface area contributed by atoms with Crippen LogP contribution in [0.1, 0.15) is 45.7 Å². The molecule has 0 saturated heterocycles. The number of rotatable bonds is 5. The first kappa shape index (κ1) is 17.7. The summed E-state index contributed by atoms with van der Waals surface area (Å²) in [5, 5.41) is 0. The first-order valence-corrected chi connectivity index (χ1v) is 8.65. The molecule has 26 heavy (non-hydrogen) atoms. The van der Waals surface area contributed by atoms with Gasteiger partial charge in [0.05, 0.1) is 12.2 Å². The Kier molecular flexibility index (Phi) is 5.37. The quantitative estimate of drug-likeness (QED) is 0.706. The Morgan fingerprint density at radius 1 is 1.00 bits per heavy atom. The molecule has 132 valence electrons. The average molecular weight is 346 g/mol. The summed E-state index contributed by atoms with van der Waals surface area (Å²) in [6.07, 6.45) is 8.16. The maximum atomic E-state index is 13.1. The minimum absolute atomic E-state index is 0.145. The molecular formula is C21H22N4O. The fourth-order valence-electron chi connectivity index (χ4n) is 3.26. The first-order valence-electron chi connectivity index (χ1n) is 8.65. The summed E-state index contributed by atoms with van der Waals surface area (Å²) in [6, 6.07) is 10.0. The van der Waals surface area contributed by atoms with Gasteiger partial charge in [0, 0.05) is 31.3 Å². The summed E-state index contributed by atoms with van der Waals surface area (Å²) < 4.78 is 0. The van der Waals surface area contributed by atoms with Crippen molar-refractivity contribution in [2.45, 2.75) is 26.8 Å². The molecule has 0 saturated carbocycles. The number of nitrogens with zero attached hydrogens (tertiary/aromatic N) is 4. The Labute approximate surface area is 153 Å². The van der Waals surface area contributed by atoms with Crippen LogP contribution in [0.4, 0.5) is 0 Å². The number of hydrogen-bond acceptors (Lipinski definition) is 4. The van der Waals surface area contributed by atoms with E-state index in [1.54, 1.807) is 12.4 Å². The van der Waals surface area contributed by atoms with Crippen molar-refractivity contribution in [1.82, 2.24) is 19.9 Å². The second-order valence-corrected chi connectivity index (χ2v) is 6.29. The van der Waals surface area contributed by atoms with Crippen LogP contribution >= 0.6 is 0 Å². The Bertz CT molecular complexity index is 861. The monoisotopic (exact) mass is 346 g/mol. The lowest BCUT2D eigenvalue weighted by molar-refractivity contribution is 0.0710. The second-order valence-electron chi connectivity index (χ2n) is 6.29. The number of hydrogen-bond donors (Lipinski definition) is 0. The van der Waals surface area contributed by atoms with Crippen molar-refractivity contribution in [3.8, 4) is 0 Å². The van der Waals surface area contributed by atoms with Crippen LogP contribution in [0.2, 0.25) is 0 Å². The maximum absolute atomic E-state index is 13.1. The van der Waals surface area contributed by atoms with Crippen molar-refractivity contribution in [2.75, 3.05) is 6.54 Å². The molecule has 0 aliphatic rings. The van der Waals surface area contributed by atoms with Crippen LogP contribution in [0, 0.1) is 13.8 Å². The van der Waals surface area contributed by atoms with E-state index in [9.17, 15) is 4.79 Å². The molecule has 2 heterocycles. The lowest BCUT2D eigenvalue weighted by Crippen LogP contribution is -2.36. The van der Waals surface area contributed by atoms with Crippen LogP contribution in [0.15, 0.2) is 61.3 Å². The van der Waals surface area contributed by atoms with Crippen LogP contribution in [-0.2, 0) is 0 Å². The van der Waals surface area contributed by atoms with E-state index in [1.807, 2.05) is 30.2 Å². The zero-order valence-corrected chi connectivity index (χ0v) is 15.3. The van der Waals surface area contributed by atoms with Gasteiger partial charge in [0.2, 0.25) is 0 Å². The lowest BCUT2D eigenvalue weighted by atomic mass is 9.95. The topological polar surface area (TPSA) is 59.0 Å². The Hall–Kier alpha value is -3.08. The molecule has 0 aliphatic carbocycles. The zero-order chi connectivity index (χ0) is 18.5. The fourth-order valence-corrected chi connectivity index (χ4v) is 3.26. The van der Waals surface area contributed by atoms with E-state index in [-0.39, 0.29) is 11.9 Å². The molecule has 1 atom stereocenters. The van der Waals surface area contributed by atoms with Crippen LogP contribution < -0.4 is 0 Å². The standard InChI is InChI=1S/C21H22N4O/c1-4-25(21(26)19-14-23-8-9-24-19)20(17-6-5-7-22-13-17)18-11-15(2)10-16(3)12-18/h5-14,20H,4H2,1-3H3/t20-/m1/s1. The van der Waals surface area contributed by atoms with Crippen molar-refractivity contribution < 1.29 is 4.79 Å². The highest BCUT2D eigenvalue weighted by Gasteiger charge is 2.27. The third kappa shape index (κ3) is 3.77. The van der Waals surface area contributed by atoms with E-state index in [0.717, 1.165) is 22.3 Å². The van der Waals surface area contributed by atoms with Crippen molar-refractivity contribution in [2.24, 2.45) is 0 Å². The van der Waals surface area contributed by atoms with Crippen LogP contribution in [0.3, 0.4) is 0 Å². The van der Waals surface area contributed by atoms with Gasteiger partial charge in [-0.2, -0.15) is 0 Å². The van der Waals surface area contributed by atoms with E-state index >= 15 is 0 Å². The molecule has 0 N–H and O–H groups in total. The van der Waals surface area contributed by atoms with Gasteiger partial charge >= 0.3 is 0 Å². The van der Waals surface area contributed by atoms with Gasteiger partial charge in [0.15, 0.2) is 0 Å². The number of carbonyl (C=O) groups is 1. The molecular weight excluding hydrogens is 324 g/mol. The SMILES string of the molecule is CCN(C(=O)c1cnccn1)[C@H](c1cccnc1)c1cc(C)cc(C)c1. The predicted octanol–water partition coefficient (Wildman–Crippen LogP) is 3.74. The molecule has 3 aromatic rings. The third-order valence-electron chi connectivity index (χ3n) is 4.26. The molecule has 0 spiro atoms. The van der Waals surface area contributed by atoms with Crippen molar-refractivity contribution in [1.29, 1.82) is 0 Å². The summed E-state index contributed by atoms with van der Waals surface area (Å²) in [4.78, 5) is 27.4. The average Bonchev–Trinajstić information content (AvgIpc) is 2.66. The molecule has 1 amide bonds. The van der Waals surface area contributed by atoms with Gasteiger partial charge in [-0.25, -0.2) is 4.98 Å². The van der Waals surface area contributed by atoms with Gasteiger partial charge in [0.25, 0.3) is 5.91 Å². The van der Waals surface area contributed by atoms with E-state index in [4.69, 9.17) is 0 Å². The minimum atomic E-state index is -0.234. The van der Waals surface area contributed by atoms with E-state index in [2.05, 4.69) is 47.0 Å². The van der Waals surface area contributed by atoms with Crippen molar-refractivity contribution >= 4 is 5.91 Å². The highest BCUT2D eigenvalue weighted by Crippen LogP contribution is 2.30. The minimum Gasteiger partial charge on any atom is -0.326 e. The number of aryl methyl sites for hydroxylation is 2. The van der Waals surface area contributed by atoms with Gasteiger partial charge in [-0.1, -0.05) is 35.4 Å². The smallest absolute Gasteiger partial charge is 0.274 e. The van der Waals surface area contributed by atoms with Crippen LogP contribution in [-0.4, -0.2) is 32.3 Å². The summed E-state index contributed by atoms with van der Waals surface area (Å²) >= 11 is 0. The van der Waals surface area contributed by atoms with Gasteiger partial charge in [0.1, 0.15) is 5.69 Å². The molecule has 1 aromatic carbocycles. The molecule has 0 fully saturated rings. The summed E-state index contributed by atoms with van der Waals surface area (Å²) in [5.74, 6) is -0.145. The van der Waals surface area contributed by atoms with Gasteiger partial charge < -0.3 is 4.90 Å². The van der Waals surface area contributed by atoms with E-state index < -0.39 is 0 Å². The van der Waals surface area contributed by atoms with E-state index in [0.29, 0.717) is 12.2 Å². The summed E-state index contributed by atoms with van der Waals surface area (Å²) in [6.45, 7) is 6.65. The highest BCUT2D eigenvalue weighted by atomic mass is 16.2. The molecule has 5 nitrogen and oxygen atoms in total. The molecule has 2 aromatic heterocycles. The largest absolute Gasteiger partial charge is 0.326 e. The molecule has 5 heteroatoms. The molecule has 0 bridgehead atoms. The number of carbonyl (C=O) groups excluding carboxylic acids is 1. The summed E-state index contributed by atoms with van der Waals surface area (Å²) in [5.41, 5.74) is 4.70.